The van der Waals surface area contributed by atoms with Crippen LogP contribution in [0.5, 0.6) is 0 Å². The molecule has 0 saturated heterocycles. The lowest BCUT2D eigenvalue weighted by molar-refractivity contribution is 0.992. The highest BCUT2D eigenvalue weighted by atomic mass is 35.5. The van der Waals surface area contributed by atoms with Crippen LogP contribution in [-0.4, -0.2) is 25.7 Å². The number of imidazole rings is 1. The van der Waals surface area contributed by atoms with Crippen molar-refractivity contribution in [2.75, 3.05) is 5.43 Å². The van der Waals surface area contributed by atoms with Gasteiger partial charge in [-0.2, -0.15) is 5.10 Å². The number of rotatable bonds is 4. The van der Waals surface area contributed by atoms with Crippen LogP contribution >= 0.6 is 11.6 Å². The van der Waals surface area contributed by atoms with Gasteiger partial charge in [-0.15, -0.1) is 0 Å². The Balaban J connectivity index is 1.51. The second kappa shape index (κ2) is 6.70. The van der Waals surface area contributed by atoms with E-state index in [1.807, 2.05) is 47.2 Å². The Morgan fingerprint density at radius 1 is 1.08 bits per heavy atom. The van der Waals surface area contributed by atoms with Crippen LogP contribution in [0.2, 0.25) is 5.02 Å². The molecular formula is C18H13ClN6. The molecule has 0 aliphatic heterocycles. The molecule has 6 nitrogen and oxygen atoms in total. The van der Waals surface area contributed by atoms with Gasteiger partial charge in [0.2, 0.25) is 0 Å². The average Bonchev–Trinajstić information content (AvgIpc) is 3.17. The van der Waals surface area contributed by atoms with Crippen molar-refractivity contribution in [2.24, 2.45) is 5.10 Å². The lowest BCUT2D eigenvalue weighted by Crippen LogP contribution is -1.96. The van der Waals surface area contributed by atoms with E-state index in [1.165, 1.54) is 0 Å². The Kier molecular flexibility index (Phi) is 4.10. The fraction of sp³-hybridized carbons (Fsp3) is 0. The summed E-state index contributed by atoms with van der Waals surface area (Å²) in [5, 5.41) is 5.90. The van der Waals surface area contributed by atoms with Crippen molar-refractivity contribution in [2.45, 2.75) is 0 Å². The van der Waals surface area contributed by atoms with Crippen molar-refractivity contribution in [3.63, 3.8) is 0 Å². The summed E-state index contributed by atoms with van der Waals surface area (Å²) in [5.41, 5.74) is 5.61. The summed E-state index contributed by atoms with van der Waals surface area (Å²) < 4.78 is 1.84. The van der Waals surface area contributed by atoms with E-state index < -0.39 is 0 Å². The lowest BCUT2D eigenvalue weighted by Gasteiger charge is -2.05. The maximum absolute atomic E-state index is 6.00. The number of pyridine rings is 2. The van der Waals surface area contributed by atoms with E-state index in [9.17, 15) is 0 Å². The van der Waals surface area contributed by atoms with Crippen LogP contribution < -0.4 is 5.43 Å². The molecule has 4 rings (SSSR count). The summed E-state index contributed by atoms with van der Waals surface area (Å²) in [6, 6.07) is 11.3. The third kappa shape index (κ3) is 3.34. The minimum atomic E-state index is 0.657. The maximum Gasteiger partial charge on any atom is 0.137 e. The smallest absolute Gasteiger partial charge is 0.137 e. The topological polar surface area (TPSA) is 68.0 Å². The van der Waals surface area contributed by atoms with E-state index >= 15 is 0 Å². The first-order valence-electron chi connectivity index (χ1n) is 7.57. The van der Waals surface area contributed by atoms with Crippen molar-refractivity contribution < 1.29 is 0 Å². The molecule has 0 saturated carbocycles. The van der Waals surface area contributed by atoms with Gasteiger partial charge in [-0.25, -0.2) is 9.97 Å². The van der Waals surface area contributed by atoms with Crippen molar-refractivity contribution in [1.82, 2.24) is 19.5 Å². The molecule has 3 heterocycles. The van der Waals surface area contributed by atoms with Gasteiger partial charge >= 0.3 is 0 Å². The van der Waals surface area contributed by atoms with Crippen LogP contribution in [0.1, 0.15) is 5.56 Å². The molecule has 0 aliphatic rings. The van der Waals surface area contributed by atoms with Gasteiger partial charge in [-0.1, -0.05) is 11.6 Å². The van der Waals surface area contributed by atoms with E-state index in [0.717, 1.165) is 28.0 Å². The molecule has 0 radical (unpaired) electrons. The number of benzene rings is 1. The number of hydrogen-bond acceptors (Lipinski definition) is 5. The molecule has 0 unspecified atom stereocenters. The van der Waals surface area contributed by atoms with E-state index in [0.29, 0.717) is 5.02 Å². The zero-order valence-electron chi connectivity index (χ0n) is 13.0. The zero-order valence-corrected chi connectivity index (χ0v) is 13.8. The summed E-state index contributed by atoms with van der Waals surface area (Å²) in [4.78, 5) is 12.7. The van der Waals surface area contributed by atoms with Crippen molar-refractivity contribution in [3.05, 3.63) is 78.1 Å². The molecule has 3 aromatic heterocycles. The molecule has 0 aliphatic carbocycles. The van der Waals surface area contributed by atoms with Crippen LogP contribution in [0.15, 0.2) is 72.6 Å². The molecule has 0 bridgehead atoms. The third-order valence-electron chi connectivity index (χ3n) is 3.64. The number of anilines is 1. The number of aromatic nitrogens is 4. The SMILES string of the molecule is Clc1ccc2c(N/N=C/c3ccc(-n4ccnc4)nc3)ccnc2c1. The number of halogens is 1. The van der Waals surface area contributed by atoms with Crippen LogP contribution in [0, 0.1) is 0 Å². The number of hydrazone groups is 1. The minimum absolute atomic E-state index is 0.657. The highest BCUT2D eigenvalue weighted by molar-refractivity contribution is 6.31. The number of hydrogen-bond donors (Lipinski definition) is 1. The van der Waals surface area contributed by atoms with Gasteiger partial charge in [0.15, 0.2) is 0 Å². The van der Waals surface area contributed by atoms with Gasteiger partial charge in [0.05, 0.1) is 17.4 Å². The van der Waals surface area contributed by atoms with Crippen molar-refractivity contribution in [3.8, 4) is 5.82 Å². The minimum Gasteiger partial charge on any atom is -0.291 e. The monoisotopic (exact) mass is 348 g/mol. The van der Waals surface area contributed by atoms with Gasteiger partial charge < -0.3 is 0 Å². The quantitative estimate of drug-likeness (QED) is 0.448. The Morgan fingerprint density at radius 3 is 2.84 bits per heavy atom. The van der Waals surface area contributed by atoms with E-state index in [4.69, 9.17) is 11.6 Å². The fourth-order valence-electron chi connectivity index (χ4n) is 2.42. The molecule has 25 heavy (non-hydrogen) atoms. The molecule has 7 heteroatoms. The summed E-state index contributed by atoms with van der Waals surface area (Å²) in [6.07, 6.45) is 10.5. The van der Waals surface area contributed by atoms with Gasteiger partial charge in [-0.3, -0.25) is 15.0 Å². The molecule has 0 amide bonds. The standard InChI is InChI=1S/C18H13ClN6/c19-14-2-3-15-16(5-6-21-17(15)9-14)24-23-11-13-1-4-18(22-10-13)25-8-7-20-12-25/h1-12H,(H,21,24)/b23-11+. The second-order valence-corrected chi connectivity index (χ2v) is 5.75. The van der Waals surface area contributed by atoms with Gasteiger partial charge in [0.1, 0.15) is 12.1 Å². The summed E-state index contributed by atoms with van der Waals surface area (Å²) in [6.45, 7) is 0. The van der Waals surface area contributed by atoms with Gasteiger partial charge in [-0.05, 0) is 36.4 Å². The zero-order chi connectivity index (χ0) is 17.1. The maximum atomic E-state index is 6.00. The second-order valence-electron chi connectivity index (χ2n) is 5.31. The Hall–Kier alpha value is -3.25. The largest absolute Gasteiger partial charge is 0.291 e. The molecule has 0 spiro atoms. The highest BCUT2D eigenvalue weighted by Gasteiger charge is 2.01. The third-order valence-corrected chi connectivity index (χ3v) is 3.88. The molecule has 1 aromatic carbocycles. The molecule has 122 valence electrons. The van der Waals surface area contributed by atoms with Gasteiger partial charge in [0.25, 0.3) is 0 Å². The summed E-state index contributed by atoms with van der Waals surface area (Å²) >= 11 is 6.00. The average molecular weight is 349 g/mol. The van der Waals surface area contributed by atoms with Crippen LogP contribution in [0.25, 0.3) is 16.7 Å². The number of nitrogens with one attached hydrogen (secondary N) is 1. The van der Waals surface area contributed by atoms with E-state index in [2.05, 4.69) is 25.5 Å². The van der Waals surface area contributed by atoms with Gasteiger partial charge in [0, 0.05) is 40.8 Å². The highest BCUT2D eigenvalue weighted by Crippen LogP contribution is 2.24. The summed E-state index contributed by atoms with van der Waals surface area (Å²) in [5.74, 6) is 0.805. The first kappa shape index (κ1) is 15.3. The first-order valence-corrected chi connectivity index (χ1v) is 7.95. The molecule has 0 fully saturated rings. The predicted octanol–water partition coefficient (Wildman–Crippen LogP) is 3.91. The Morgan fingerprint density at radius 2 is 2.04 bits per heavy atom. The molecule has 1 N–H and O–H groups in total. The van der Waals surface area contributed by atoms with E-state index in [-0.39, 0.29) is 0 Å². The van der Waals surface area contributed by atoms with Crippen molar-refractivity contribution in [1.29, 1.82) is 0 Å². The van der Waals surface area contributed by atoms with Crippen LogP contribution in [0.3, 0.4) is 0 Å². The van der Waals surface area contributed by atoms with Crippen molar-refractivity contribution >= 4 is 34.4 Å². The summed E-state index contributed by atoms with van der Waals surface area (Å²) in [7, 11) is 0. The molecule has 4 aromatic rings. The van der Waals surface area contributed by atoms with Crippen LogP contribution in [-0.2, 0) is 0 Å². The number of nitrogens with zero attached hydrogens (tertiary/aromatic N) is 5. The van der Waals surface area contributed by atoms with E-state index in [1.54, 1.807) is 31.1 Å². The first-order chi connectivity index (χ1) is 12.3. The normalized spacial score (nSPS) is 11.2. The Labute approximate surface area is 148 Å². The number of fused-ring (bicyclic) bond motifs is 1. The predicted molar refractivity (Wildman–Crippen MR) is 99.3 cm³/mol. The Bertz CT molecular complexity index is 1030. The lowest BCUT2D eigenvalue weighted by atomic mass is 10.2. The molecular weight excluding hydrogens is 336 g/mol. The molecule has 0 atom stereocenters. The fourth-order valence-corrected chi connectivity index (χ4v) is 2.58. The van der Waals surface area contributed by atoms with Crippen LogP contribution in [0.4, 0.5) is 5.69 Å².